The molecule has 0 spiro atoms. The second-order valence-corrected chi connectivity index (χ2v) is 10.9. The number of rotatable bonds is 12. The molecule has 7 N–H and O–H groups in total. The van der Waals surface area contributed by atoms with Crippen LogP contribution in [0.3, 0.4) is 0 Å². The van der Waals surface area contributed by atoms with Gasteiger partial charge in [0.05, 0.1) is 26.4 Å². The summed E-state index contributed by atoms with van der Waals surface area (Å²) in [6.45, 7) is 4.27. The maximum atomic E-state index is 11.7. The quantitative estimate of drug-likeness (QED) is 0.143. The highest BCUT2D eigenvalue weighted by Crippen LogP contribution is 2.31. The molecule has 0 unspecified atom stereocenters. The summed E-state index contributed by atoms with van der Waals surface area (Å²) in [7, 11) is 0. The lowest BCUT2D eigenvalue weighted by atomic mass is 9.96. The van der Waals surface area contributed by atoms with Crippen molar-refractivity contribution in [2.75, 3.05) is 26.4 Å². The monoisotopic (exact) mass is 589 g/mol. The largest absolute Gasteiger partial charge is 0.444 e. The molecule has 41 heavy (non-hydrogen) atoms. The van der Waals surface area contributed by atoms with Crippen LogP contribution in [-0.2, 0) is 35.0 Å². The van der Waals surface area contributed by atoms with Gasteiger partial charge in [-0.3, -0.25) is 0 Å². The Morgan fingerprint density at radius 3 is 2.15 bits per heavy atom. The van der Waals surface area contributed by atoms with Gasteiger partial charge in [-0.25, -0.2) is 4.79 Å². The van der Waals surface area contributed by atoms with Crippen molar-refractivity contribution >= 4 is 6.09 Å². The zero-order valence-corrected chi connectivity index (χ0v) is 23.4. The summed E-state index contributed by atoms with van der Waals surface area (Å²) in [4.78, 5) is 11.7. The summed E-state index contributed by atoms with van der Waals surface area (Å²) < 4.78 is 33.3. The summed E-state index contributed by atoms with van der Waals surface area (Å²) in [5.74, 6) is 0. The molecule has 0 saturated carbocycles. The molecule has 234 valence electrons. The number of amides is 1. The van der Waals surface area contributed by atoms with Crippen molar-refractivity contribution in [1.29, 1.82) is 0 Å². The third kappa shape index (κ3) is 9.53. The van der Waals surface area contributed by atoms with Crippen LogP contribution in [-0.4, -0.2) is 130 Å². The number of benzene rings is 1. The number of ether oxygens (including phenoxy) is 6. The minimum atomic E-state index is -1.63. The smallest absolute Gasteiger partial charge is 0.407 e. The molecular weight excluding hydrogens is 546 g/mol. The van der Waals surface area contributed by atoms with Gasteiger partial charge in [-0.2, -0.15) is 0 Å². The molecule has 0 radical (unpaired) electrons. The second-order valence-electron chi connectivity index (χ2n) is 10.9. The van der Waals surface area contributed by atoms with E-state index in [1.807, 2.05) is 6.07 Å². The van der Waals surface area contributed by atoms with Crippen LogP contribution in [0.1, 0.15) is 32.8 Å². The van der Waals surface area contributed by atoms with Crippen molar-refractivity contribution in [2.45, 2.75) is 101 Å². The van der Waals surface area contributed by atoms with Crippen LogP contribution in [0.4, 0.5) is 4.79 Å². The van der Waals surface area contributed by atoms with Crippen molar-refractivity contribution in [3.63, 3.8) is 0 Å². The number of aliphatic hydroxyl groups is 6. The van der Waals surface area contributed by atoms with Gasteiger partial charge in [-0.15, -0.1) is 0 Å². The predicted molar refractivity (Wildman–Crippen MR) is 140 cm³/mol. The maximum absolute atomic E-state index is 11.7. The highest BCUT2D eigenvalue weighted by molar-refractivity contribution is 5.67. The van der Waals surface area contributed by atoms with Crippen LogP contribution in [0.2, 0.25) is 0 Å². The van der Waals surface area contributed by atoms with Crippen LogP contribution >= 0.6 is 0 Å². The first kappa shape index (κ1) is 33.6. The number of hydrogen-bond donors (Lipinski definition) is 7. The Morgan fingerprint density at radius 1 is 0.854 bits per heavy atom. The first-order valence-electron chi connectivity index (χ1n) is 13.6. The third-order valence-electron chi connectivity index (χ3n) is 6.49. The van der Waals surface area contributed by atoms with E-state index in [4.69, 9.17) is 28.4 Å². The molecule has 2 aliphatic heterocycles. The number of carbonyl (C=O) groups is 1. The van der Waals surface area contributed by atoms with Crippen molar-refractivity contribution in [2.24, 2.45) is 0 Å². The summed E-state index contributed by atoms with van der Waals surface area (Å²) in [6, 6.07) is 9.04. The molecular formula is C27H43NO13. The van der Waals surface area contributed by atoms with Crippen LogP contribution in [0, 0.1) is 0 Å². The van der Waals surface area contributed by atoms with Gasteiger partial charge >= 0.3 is 6.09 Å². The van der Waals surface area contributed by atoms with Crippen molar-refractivity contribution in [1.82, 2.24) is 5.32 Å². The first-order chi connectivity index (χ1) is 19.4. The molecule has 0 aromatic heterocycles. The molecule has 1 aromatic carbocycles. The average Bonchev–Trinajstić information content (AvgIpc) is 2.92. The van der Waals surface area contributed by atoms with Crippen LogP contribution in [0.15, 0.2) is 30.3 Å². The lowest BCUT2D eigenvalue weighted by Gasteiger charge is -2.46. The summed E-state index contributed by atoms with van der Waals surface area (Å²) in [5.41, 5.74) is 0.144. The van der Waals surface area contributed by atoms with E-state index in [1.165, 1.54) is 0 Å². The molecule has 3 rings (SSSR count). The minimum absolute atomic E-state index is 0.0366. The van der Waals surface area contributed by atoms with E-state index in [0.717, 1.165) is 5.56 Å². The molecule has 1 amide bonds. The highest BCUT2D eigenvalue weighted by Gasteiger charge is 2.51. The van der Waals surface area contributed by atoms with Gasteiger partial charge in [-0.05, 0) is 32.8 Å². The molecule has 0 bridgehead atoms. The number of aliphatic hydroxyl groups excluding tert-OH is 6. The Balaban J connectivity index is 1.56. The Bertz CT molecular complexity index is 914. The van der Waals surface area contributed by atoms with Crippen molar-refractivity contribution in [3.05, 3.63) is 35.9 Å². The molecule has 2 fully saturated rings. The number of alkyl carbamates (subject to hydrolysis) is 1. The molecule has 2 saturated heterocycles. The lowest BCUT2D eigenvalue weighted by Crippen LogP contribution is -2.65. The SMILES string of the molecule is CC(C)(C)OC(=O)NCCCO[C@@H]1O[C@H](CO)[C@H](O[C@H]2O[C@H](CO)[C@H](O)[C@H](OCc3ccccc3)[C@H]2O)[C@H](O)[C@H]1O. The van der Waals surface area contributed by atoms with Crippen LogP contribution in [0.25, 0.3) is 0 Å². The zero-order chi connectivity index (χ0) is 30.2. The average molecular weight is 590 g/mol. The van der Waals surface area contributed by atoms with Gasteiger partial charge in [0.2, 0.25) is 0 Å². The second kappa shape index (κ2) is 15.5. The van der Waals surface area contributed by atoms with E-state index < -0.39 is 86.3 Å². The standard InChI is InChI=1S/C27H43NO13/c1-27(2,3)41-26(35)28-10-7-11-36-24-20(33)19(32)22(17(13-30)39-24)40-25-21(34)23(18(31)16(12-29)38-25)37-14-15-8-5-4-6-9-15/h4-6,8-9,16-25,29-34H,7,10-14H2,1-3H3,(H,28,35)/t16-,17-,18+,19-,20-,21-,22+,23+,24-,25-/m1/s1. The van der Waals surface area contributed by atoms with E-state index in [0.29, 0.717) is 6.42 Å². The fourth-order valence-electron chi connectivity index (χ4n) is 4.42. The molecule has 14 heteroatoms. The fraction of sp³-hybridized carbons (Fsp3) is 0.741. The molecule has 10 atom stereocenters. The van der Waals surface area contributed by atoms with Gasteiger partial charge in [0.25, 0.3) is 0 Å². The molecule has 0 aliphatic carbocycles. The van der Waals surface area contributed by atoms with Gasteiger partial charge in [0, 0.05) is 6.54 Å². The third-order valence-corrected chi connectivity index (χ3v) is 6.49. The van der Waals surface area contributed by atoms with E-state index >= 15 is 0 Å². The van der Waals surface area contributed by atoms with Gasteiger partial charge in [0.1, 0.15) is 54.4 Å². The van der Waals surface area contributed by atoms with E-state index in [-0.39, 0.29) is 19.8 Å². The Kier molecular flexibility index (Phi) is 12.7. The normalized spacial score (nSPS) is 34.3. The summed E-state index contributed by atoms with van der Waals surface area (Å²) >= 11 is 0. The van der Waals surface area contributed by atoms with Crippen LogP contribution < -0.4 is 5.32 Å². The molecule has 2 heterocycles. The van der Waals surface area contributed by atoms with Gasteiger partial charge < -0.3 is 64.4 Å². The summed E-state index contributed by atoms with van der Waals surface area (Å²) in [6.07, 6.45) is -14.3. The van der Waals surface area contributed by atoms with E-state index in [1.54, 1.807) is 45.0 Å². The first-order valence-corrected chi connectivity index (χ1v) is 13.6. The topological polar surface area (TPSA) is 206 Å². The van der Waals surface area contributed by atoms with Crippen LogP contribution in [0.5, 0.6) is 0 Å². The molecule has 2 aliphatic rings. The minimum Gasteiger partial charge on any atom is -0.444 e. The number of carbonyl (C=O) groups excluding carboxylic acids is 1. The zero-order valence-electron chi connectivity index (χ0n) is 23.4. The predicted octanol–water partition coefficient (Wildman–Crippen LogP) is -1.23. The van der Waals surface area contributed by atoms with Gasteiger partial charge in [0.15, 0.2) is 12.6 Å². The molecule has 14 nitrogen and oxygen atoms in total. The Hall–Kier alpha value is -1.95. The van der Waals surface area contributed by atoms with E-state index in [9.17, 15) is 35.4 Å². The van der Waals surface area contributed by atoms with Gasteiger partial charge in [-0.1, -0.05) is 30.3 Å². The Labute approximate surface area is 238 Å². The lowest BCUT2D eigenvalue weighted by molar-refractivity contribution is -0.362. The van der Waals surface area contributed by atoms with E-state index in [2.05, 4.69) is 5.32 Å². The Morgan fingerprint density at radius 2 is 1.51 bits per heavy atom. The summed E-state index contributed by atoms with van der Waals surface area (Å²) in [5, 5.41) is 65.2. The molecule has 1 aromatic rings. The van der Waals surface area contributed by atoms with Crippen molar-refractivity contribution < 1.29 is 63.9 Å². The number of nitrogens with one attached hydrogen (secondary N) is 1. The number of hydrogen-bond acceptors (Lipinski definition) is 13. The highest BCUT2D eigenvalue weighted by atomic mass is 16.7. The maximum Gasteiger partial charge on any atom is 0.407 e. The fourth-order valence-corrected chi connectivity index (χ4v) is 4.42. The van der Waals surface area contributed by atoms with Crippen molar-refractivity contribution in [3.8, 4) is 0 Å².